The molecule has 0 saturated heterocycles. The maximum atomic E-state index is 2.40. The van der Waals surface area contributed by atoms with E-state index in [4.69, 9.17) is 0 Å². The van der Waals surface area contributed by atoms with Gasteiger partial charge in [0.2, 0.25) is 0 Å². The van der Waals surface area contributed by atoms with Crippen molar-refractivity contribution in [3.8, 4) is 0 Å². The van der Waals surface area contributed by atoms with E-state index < -0.39 is 0 Å². The van der Waals surface area contributed by atoms with Gasteiger partial charge in [-0.2, -0.15) is 0 Å². The van der Waals surface area contributed by atoms with E-state index in [1.807, 2.05) is 0 Å². The minimum atomic E-state index is 1.09. The van der Waals surface area contributed by atoms with E-state index in [1.54, 1.807) is 0 Å². The average molecular weight is 204 g/mol. The molecule has 0 bridgehead atoms. The molecule has 0 radical (unpaired) electrons. The number of hydrogen-bond acceptors (Lipinski definition) is 1. The maximum Gasteiger partial charge on any atom is 0.0254 e. The molecule has 2 rings (SSSR count). The standard InChI is InChI=1S/C13H20N2/c1-5-6-11-10(2)15(4)13-7-8-14(3)9-12(11)13/h5-6H,7-9H2,1-4H3/b6-5-. The summed E-state index contributed by atoms with van der Waals surface area (Å²) >= 11 is 0. The molecule has 1 aliphatic rings. The van der Waals surface area contributed by atoms with Crippen molar-refractivity contribution in [1.82, 2.24) is 9.47 Å². The van der Waals surface area contributed by atoms with Crippen molar-refractivity contribution in [3.63, 3.8) is 0 Å². The van der Waals surface area contributed by atoms with Gasteiger partial charge in [-0.25, -0.2) is 0 Å². The van der Waals surface area contributed by atoms with Gasteiger partial charge < -0.3 is 9.47 Å². The Hall–Kier alpha value is -1.02. The van der Waals surface area contributed by atoms with E-state index in [9.17, 15) is 0 Å². The molecule has 0 fully saturated rings. The predicted molar refractivity (Wildman–Crippen MR) is 64.9 cm³/mol. The molecule has 0 saturated carbocycles. The highest BCUT2D eigenvalue weighted by Gasteiger charge is 2.21. The zero-order chi connectivity index (χ0) is 11.0. The minimum absolute atomic E-state index is 1.09. The van der Waals surface area contributed by atoms with Crippen LogP contribution in [0.1, 0.15) is 29.4 Å². The molecule has 15 heavy (non-hydrogen) atoms. The van der Waals surface area contributed by atoms with Crippen LogP contribution in [-0.4, -0.2) is 23.1 Å². The molecule has 1 aromatic rings. The van der Waals surface area contributed by atoms with E-state index in [0.717, 1.165) is 6.54 Å². The fraction of sp³-hybridized carbons (Fsp3) is 0.538. The van der Waals surface area contributed by atoms with Crippen molar-refractivity contribution >= 4 is 6.08 Å². The number of fused-ring (bicyclic) bond motifs is 1. The quantitative estimate of drug-likeness (QED) is 0.681. The molecule has 0 aromatic carbocycles. The zero-order valence-corrected chi connectivity index (χ0v) is 10.2. The van der Waals surface area contributed by atoms with Gasteiger partial charge in [0.05, 0.1) is 0 Å². The first kappa shape index (κ1) is 10.5. The van der Waals surface area contributed by atoms with Crippen LogP contribution in [0.15, 0.2) is 6.08 Å². The van der Waals surface area contributed by atoms with E-state index in [0.29, 0.717) is 0 Å². The summed E-state index contributed by atoms with van der Waals surface area (Å²) in [4.78, 5) is 2.40. The molecular weight excluding hydrogens is 184 g/mol. The molecule has 2 heterocycles. The first-order valence-corrected chi connectivity index (χ1v) is 5.63. The summed E-state index contributed by atoms with van der Waals surface area (Å²) in [6, 6.07) is 0. The Kier molecular flexibility index (Phi) is 2.70. The van der Waals surface area contributed by atoms with Crippen LogP contribution < -0.4 is 0 Å². The molecule has 1 aliphatic heterocycles. The lowest BCUT2D eigenvalue weighted by Crippen LogP contribution is -2.27. The van der Waals surface area contributed by atoms with Crippen LogP contribution in [0.4, 0.5) is 0 Å². The largest absolute Gasteiger partial charge is 0.351 e. The van der Waals surface area contributed by atoms with Gasteiger partial charge in [0, 0.05) is 37.9 Å². The molecule has 2 nitrogen and oxygen atoms in total. The van der Waals surface area contributed by atoms with Crippen LogP contribution >= 0.6 is 0 Å². The van der Waals surface area contributed by atoms with E-state index in [-0.39, 0.29) is 0 Å². The van der Waals surface area contributed by atoms with Crippen LogP contribution in [0.25, 0.3) is 6.08 Å². The summed E-state index contributed by atoms with van der Waals surface area (Å²) in [6.45, 7) is 6.58. The first-order chi connectivity index (χ1) is 7.15. The number of hydrogen-bond donors (Lipinski definition) is 0. The molecule has 1 aromatic heterocycles. The topological polar surface area (TPSA) is 8.17 Å². The summed E-state index contributed by atoms with van der Waals surface area (Å²) in [5.74, 6) is 0. The summed E-state index contributed by atoms with van der Waals surface area (Å²) in [6.07, 6.45) is 5.56. The fourth-order valence-electron chi connectivity index (χ4n) is 2.49. The summed E-state index contributed by atoms with van der Waals surface area (Å²) in [5.41, 5.74) is 5.88. The second-order valence-electron chi connectivity index (χ2n) is 4.47. The molecule has 0 N–H and O–H groups in total. The Morgan fingerprint density at radius 1 is 1.27 bits per heavy atom. The van der Waals surface area contributed by atoms with Crippen molar-refractivity contribution in [3.05, 3.63) is 28.6 Å². The predicted octanol–water partition coefficient (Wildman–Crippen LogP) is 2.35. The molecule has 2 heteroatoms. The monoisotopic (exact) mass is 204 g/mol. The third kappa shape index (κ3) is 1.63. The van der Waals surface area contributed by atoms with Crippen LogP contribution in [0, 0.1) is 6.92 Å². The molecular formula is C13H20N2. The summed E-state index contributed by atoms with van der Waals surface area (Å²) < 4.78 is 2.36. The van der Waals surface area contributed by atoms with Gasteiger partial charge in [-0.3, -0.25) is 0 Å². The molecule has 0 aliphatic carbocycles. The Labute approximate surface area is 92.2 Å². The lowest BCUT2D eigenvalue weighted by Gasteiger charge is -2.23. The van der Waals surface area contributed by atoms with Crippen LogP contribution in [0.2, 0.25) is 0 Å². The zero-order valence-electron chi connectivity index (χ0n) is 10.2. The van der Waals surface area contributed by atoms with Gasteiger partial charge in [-0.15, -0.1) is 0 Å². The second-order valence-corrected chi connectivity index (χ2v) is 4.47. The van der Waals surface area contributed by atoms with Crippen molar-refractivity contribution in [2.45, 2.75) is 26.8 Å². The van der Waals surface area contributed by atoms with E-state index in [1.165, 1.54) is 35.5 Å². The average Bonchev–Trinajstić information content (AvgIpc) is 2.44. The first-order valence-electron chi connectivity index (χ1n) is 5.63. The van der Waals surface area contributed by atoms with Gasteiger partial charge in [-0.1, -0.05) is 12.2 Å². The summed E-state index contributed by atoms with van der Waals surface area (Å²) in [7, 11) is 4.39. The highest BCUT2D eigenvalue weighted by atomic mass is 15.1. The number of rotatable bonds is 1. The van der Waals surface area contributed by atoms with Crippen molar-refractivity contribution < 1.29 is 0 Å². The van der Waals surface area contributed by atoms with E-state index in [2.05, 4.69) is 49.6 Å². The normalized spacial score (nSPS) is 17.3. The highest BCUT2D eigenvalue weighted by molar-refractivity contribution is 5.59. The fourth-order valence-corrected chi connectivity index (χ4v) is 2.49. The van der Waals surface area contributed by atoms with Crippen molar-refractivity contribution in [2.24, 2.45) is 7.05 Å². The van der Waals surface area contributed by atoms with Crippen molar-refractivity contribution in [2.75, 3.05) is 13.6 Å². The maximum absolute atomic E-state index is 2.40. The Balaban J connectivity index is 2.55. The van der Waals surface area contributed by atoms with Gasteiger partial charge in [-0.05, 0) is 32.0 Å². The SMILES string of the molecule is C/C=C\c1c2c(n(C)c1C)CCN(C)C2. The number of likely N-dealkylation sites (N-methyl/N-ethyl adjacent to an activating group) is 1. The Morgan fingerprint density at radius 3 is 2.67 bits per heavy atom. The molecule has 82 valence electrons. The number of allylic oxidation sites excluding steroid dienone is 1. The molecule has 0 spiro atoms. The Morgan fingerprint density at radius 2 is 2.00 bits per heavy atom. The molecule has 0 atom stereocenters. The van der Waals surface area contributed by atoms with Crippen LogP contribution in [-0.2, 0) is 20.0 Å². The third-order valence-electron chi connectivity index (χ3n) is 3.46. The number of nitrogens with zero attached hydrogens (tertiary/aromatic N) is 2. The summed E-state index contributed by atoms with van der Waals surface area (Å²) in [5, 5.41) is 0. The smallest absolute Gasteiger partial charge is 0.0254 e. The second kappa shape index (κ2) is 3.86. The van der Waals surface area contributed by atoms with Gasteiger partial charge in [0.15, 0.2) is 0 Å². The minimum Gasteiger partial charge on any atom is -0.351 e. The third-order valence-corrected chi connectivity index (χ3v) is 3.46. The lowest BCUT2D eigenvalue weighted by atomic mass is 10.0. The van der Waals surface area contributed by atoms with Crippen LogP contribution in [0.3, 0.4) is 0 Å². The lowest BCUT2D eigenvalue weighted by molar-refractivity contribution is 0.309. The number of aromatic nitrogens is 1. The Bertz CT molecular complexity index is 399. The van der Waals surface area contributed by atoms with Gasteiger partial charge in [0.1, 0.15) is 0 Å². The highest BCUT2D eigenvalue weighted by Crippen LogP contribution is 2.27. The molecule has 0 unspecified atom stereocenters. The van der Waals surface area contributed by atoms with Crippen LogP contribution in [0.5, 0.6) is 0 Å². The van der Waals surface area contributed by atoms with Gasteiger partial charge in [0.25, 0.3) is 0 Å². The molecule has 0 amide bonds. The van der Waals surface area contributed by atoms with E-state index >= 15 is 0 Å². The van der Waals surface area contributed by atoms with Crippen molar-refractivity contribution in [1.29, 1.82) is 0 Å². The van der Waals surface area contributed by atoms with Gasteiger partial charge >= 0.3 is 0 Å².